The van der Waals surface area contributed by atoms with E-state index in [1.807, 2.05) is 0 Å². The van der Waals surface area contributed by atoms with Crippen molar-refractivity contribution in [2.24, 2.45) is 5.92 Å². The highest BCUT2D eigenvalue weighted by Crippen LogP contribution is 2.33. The molecule has 0 unspecified atom stereocenters. The van der Waals surface area contributed by atoms with Crippen LogP contribution < -0.4 is 5.43 Å². The zero-order valence-corrected chi connectivity index (χ0v) is 18.8. The molecule has 2 amide bonds. The number of carbonyl (C=O) groups is 2. The average Bonchev–Trinajstić information content (AvgIpc) is 2.86. The van der Waals surface area contributed by atoms with Gasteiger partial charge in [-0.15, -0.1) is 0 Å². The molecule has 2 atom stereocenters. The lowest BCUT2D eigenvalue weighted by atomic mass is 9.83. The summed E-state index contributed by atoms with van der Waals surface area (Å²) >= 11 is 0. The third-order valence-electron chi connectivity index (χ3n) is 6.90. The van der Waals surface area contributed by atoms with Crippen LogP contribution in [0.25, 0.3) is 11.0 Å². The van der Waals surface area contributed by atoms with E-state index in [1.54, 1.807) is 34.1 Å². The van der Waals surface area contributed by atoms with Crippen molar-refractivity contribution in [2.45, 2.75) is 31.5 Å². The monoisotopic (exact) mass is 484 g/mol. The molecule has 2 saturated heterocycles. The number of piperidine rings is 2. The predicted octanol–water partition coefficient (Wildman–Crippen LogP) is 4.58. The fraction of sp³-hybridized carbons (Fsp3) is 0.346. The molecule has 2 aliphatic rings. The van der Waals surface area contributed by atoms with Gasteiger partial charge in [0, 0.05) is 37.3 Å². The average molecular weight is 484 g/mol. The van der Waals surface area contributed by atoms with Gasteiger partial charge in [-0.05, 0) is 55.5 Å². The zero-order chi connectivity index (χ0) is 24.7. The molecular formula is C26H23F3N2O4. The molecule has 0 spiro atoms. The summed E-state index contributed by atoms with van der Waals surface area (Å²) in [7, 11) is 0. The van der Waals surface area contributed by atoms with Crippen LogP contribution >= 0.6 is 0 Å². The van der Waals surface area contributed by atoms with Crippen LogP contribution in [0.15, 0.2) is 63.8 Å². The van der Waals surface area contributed by atoms with Gasteiger partial charge in [0.2, 0.25) is 0 Å². The summed E-state index contributed by atoms with van der Waals surface area (Å²) in [5.41, 5.74) is -0.798. The maximum Gasteiger partial charge on any atom is 0.416 e. The van der Waals surface area contributed by atoms with Crippen LogP contribution in [0, 0.1) is 5.92 Å². The number of nitrogens with zero attached hydrogens (tertiary/aromatic N) is 2. The Bertz CT molecular complexity index is 1350. The third-order valence-corrected chi connectivity index (χ3v) is 6.90. The Balaban J connectivity index is 1.34. The number of alkyl halides is 3. The first-order chi connectivity index (χ1) is 16.7. The predicted molar refractivity (Wildman–Crippen MR) is 122 cm³/mol. The largest absolute Gasteiger partial charge is 0.451 e. The molecule has 1 aromatic heterocycles. The van der Waals surface area contributed by atoms with E-state index in [2.05, 4.69) is 0 Å². The summed E-state index contributed by atoms with van der Waals surface area (Å²) < 4.78 is 45.0. The normalized spacial score (nSPS) is 20.5. The molecule has 2 aliphatic heterocycles. The van der Waals surface area contributed by atoms with Crippen LogP contribution in [0.3, 0.4) is 0 Å². The first-order valence-electron chi connectivity index (χ1n) is 11.5. The fourth-order valence-electron chi connectivity index (χ4n) is 5.20. The molecule has 6 nitrogen and oxygen atoms in total. The minimum Gasteiger partial charge on any atom is -0.451 e. The van der Waals surface area contributed by atoms with E-state index in [0.29, 0.717) is 37.0 Å². The van der Waals surface area contributed by atoms with Gasteiger partial charge in [0.25, 0.3) is 11.8 Å². The van der Waals surface area contributed by atoms with Gasteiger partial charge >= 0.3 is 6.18 Å². The topological polar surface area (TPSA) is 70.8 Å². The Morgan fingerprint density at radius 3 is 2.54 bits per heavy atom. The SMILES string of the molecule is O=C(c1cccc(C(F)(F)F)c1)N1CC[C@@H]2[C@H](CCCN2C(=O)c2cc(=O)c3ccccc3o2)C1. The summed E-state index contributed by atoms with van der Waals surface area (Å²) in [6.45, 7) is 1.19. The van der Waals surface area contributed by atoms with E-state index in [-0.39, 0.29) is 34.6 Å². The molecule has 182 valence electrons. The second-order valence-corrected chi connectivity index (χ2v) is 9.06. The van der Waals surface area contributed by atoms with Crippen molar-refractivity contribution < 1.29 is 27.2 Å². The highest BCUT2D eigenvalue weighted by atomic mass is 19.4. The third kappa shape index (κ3) is 4.42. The minimum atomic E-state index is -4.52. The Hall–Kier alpha value is -3.62. The van der Waals surface area contributed by atoms with Gasteiger partial charge in [-0.2, -0.15) is 13.2 Å². The standard InChI is InChI=1S/C26H23F3N2O4/c27-26(28,29)18-7-3-5-16(13-18)24(33)30-12-10-20-17(15-30)6-4-11-31(20)25(34)23-14-21(32)19-8-1-2-9-22(19)35-23/h1-3,5,7-9,13-14,17,20H,4,6,10-12,15H2/t17-,20-/m1/s1. The Kier molecular flexibility index (Phi) is 5.86. The second-order valence-electron chi connectivity index (χ2n) is 9.06. The van der Waals surface area contributed by atoms with E-state index >= 15 is 0 Å². The molecule has 9 heteroatoms. The number of benzene rings is 2. The van der Waals surface area contributed by atoms with Crippen molar-refractivity contribution in [3.8, 4) is 0 Å². The van der Waals surface area contributed by atoms with Gasteiger partial charge in [-0.3, -0.25) is 14.4 Å². The number of para-hydroxylation sites is 1. The van der Waals surface area contributed by atoms with Crippen LogP contribution in [0.4, 0.5) is 13.2 Å². The lowest BCUT2D eigenvalue weighted by Crippen LogP contribution is -2.56. The molecule has 3 heterocycles. The van der Waals surface area contributed by atoms with Gasteiger partial charge in [-0.1, -0.05) is 18.2 Å². The highest BCUT2D eigenvalue weighted by molar-refractivity contribution is 5.95. The lowest BCUT2D eigenvalue weighted by Gasteiger charge is -2.47. The van der Waals surface area contributed by atoms with E-state index < -0.39 is 17.6 Å². The molecule has 35 heavy (non-hydrogen) atoms. The minimum absolute atomic E-state index is 0.0000409. The number of fused-ring (bicyclic) bond motifs is 2. The summed E-state index contributed by atoms with van der Waals surface area (Å²) in [6, 6.07) is 12.3. The first-order valence-corrected chi connectivity index (χ1v) is 11.5. The van der Waals surface area contributed by atoms with Crippen LogP contribution in [-0.2, 0) is 6.18 Å². The molecule has 2 aromatic carbocycles. The summed E-state index contributed by atoms with van der Waals surface area (Å²) in [5, 5.41) is 0.405. The maximum atomic E-state index is 13.3. The lowest BCUT2D eigenvalue weighted by molar-refractivity contribution is -0.137. The van der Waals surface area contributed by atoms with Crippen LogP contribution in [0.1, 0.15) is 45.7 Å². The summed E-state index contributed by atoms with van der Waals surface area (Å²) in [6.07, 6.45) is -2.51. The Morgan fingerprint density at radius 2 is 1.74 bits per heavy atom. The number of hydrogen-bond acceptors (Lipinski definition) is 4. The summed E-state index contributed by atoms with van der Waals surface area (Å²) in [4.78, 5) is 42.1. The van der Waals surface area contributed by atoms with Crippen LogP contribution in [0.5, 0.6) is 0 Å². The number of halogens is 3. The van der Waals surface area contributed by atoms with Crippen molar-refractivity contribution in [2.75, 3.05) is 19.6 Å². The molecular weight excluding hydrogens is 461 g/mol. The van der Waals surface area contributed by atoms with Gasteiger partial charge in [0.05, 0.1) is 10.9 Å². The van der Waals surface area contributed by atoms with Crippen LogP contribution in [0.2, 0.25) is 0 Å². The van der Waals surface area contributed by atoms with E-state index in [1.165, 1.54) is 18.2 Å². The fourth-order valence-corrected chi connectivity index (χ4v) is 5.20. The highest BCUT2D eigenvalue weighted by Gasteiger charge is 2.40. The molecule has 0 radical (unpaired) electrons. The van der Waals surface area contributed by atoms with Gasteiger partial charge < -0.3 is 14.2 Å². The smallest absolute Gasteiger partial charge is 0.416 e. The molecule has 0 aliphatic carbocycles. The van der Waals surface area contributed by atoms with Crippen molar-refractivity contribution >= 4 is 22.8 Å². The summed E-state index contributed by atoms with van der Waals surface area (Å²) in [5.74, 6) is -0.834. The number of carbonyl (C=O) groups excluding carboxylic acids is 2. The second kappa shape index (κ2) is 8.87. The van der Waals surface area contributed by atoms with Gasteiger partial charge in [-0.25, -0.2) is 0 Å². The van der Waals surface area contributed by atoms with E-state index in [4.69, 9.17) is 4.42 Å². The molecule has 3 aromatic rings. The van der Waals surface area contributed by atoms with E-state index in [9.17, 15) is 27.6 Å². The molecule has 0 bridgehead atoms. The Morgan fingerprint density at radius 1 is 0.943 bits per heavy atom. The maximum absolute atomic E-state index is 13.3. The van der Waals surface area contributed by atoms with Gasteiger partial charge in [0.1, 0.15) is 5.58 Å². The number of amides is 2. The number of likely N-dealkylation sites (tertiary alicyclic amines) is 2. The quantitative estimate of drug-likeness (QED) is 0.534. The Labute approximate surface area is 198 Å². The number of hydrogen-bond donors (Lipinski definition) is 0. The van der Waals surface area contributed by atoms with Crippen LogP contribution in [-0.4, -0.2) is 47.3 Å². The van der Waals surface area contributed by atoms with Crippen molar-refractivity contribution in [3.63, 3.8) is 0 Å². The first kappa shape index (κ1) is 23.1. The van der Waals surface area contributed by atoms with Crippen molar-refractivity contribution in [1.82, 2.24) is 9.80 Å². The molecule has 0 N–H and O–H groups in total. The zero-order valence-electron chi connectivity index (χ0n) is 18.8. The molecule has 2 fully saturated rings. The molecule has 0 saturated carbocycles. The molecule has 5 rings (SSSR count). The van der Waals surface area contributed by atoms with Crippen molar-refractivity contribution in [3.05, 3.63) is 81.7 Å². The van der Waals surface area contributed by atoms with Gasteiger partial charge in [0.15, 0.2) is 11.2 Å². The van der Waals surface area contributed by atoms with E-state index in [0.717, 1.165) is 25.0 Å². The van der Waals surface area contributed by atoms with Crippen molar-refractivity contribution in [1.29, 1.82) is 0 Å². The number of rotatable bonds is 2.